The van der Waals surface area contributed by atoms with Crippen LogP contribution in [0.25, 0.3) is 10.9 Å². The number of nitrogens with one attached hydrogen (secondary N) is 1. The van der Waals surface area contributed by atoms with Gasteiger partial charge in [-0.15, -0.1) is 5.11 Å². The molecule has 0 fully saturated rings. The zero-order chi connectivity index (χ0) is 14.8. The Balaban J connectivity index is 2.01. The van der Waals surface area contributed by atoms with Crippen molar-refractivity contribution in [1.82, 2.24) is 4.98 Å². The minimum atomic E-state index is -0.470. The van der Waals surface area contributed by atoms with Crippen molar-refractivity contribution in [2.75, 3.05) is 0 Å². The van der Waals surface area contributed by atoms with Crippen molar-refractivity contribution in [3.63, 3.8) is 0 Å². The van der Waals surface area contributed by atoms with E-state index in [2.05, 4.69) is 15.2 Å². The van der Waals surface area contributed by atoms with Crippen molar-refractivity contribution in [1.29, 1.82) is 5.26 Å². The minimum Gasteiger partial charge on any atom is -0.493 e. The molecule has 0 unspecified atom stereocenters. The van der Waals surface area contributed by atoms with Crippen LogP contribution in [-0.4, -0.2) is 10.1 Å². The van der Waals surface area contributed by atoms with Crippen LogP contribution in [0.4, 0.5) is 15.8 Å². The number of H-pyrrole nitrogens is 1. The van der Waals surface area contributed by atoms with Crippen molar-refractivity contribution in [3.05, 3.63) is 53.8 Å². The van der Waals surface area contributed by atoms with E-state index >= 15 is 0 Å². The number of aromatic nitrogens is 1. The molecule has 2 aromatic carbocycles. The number of hydrogen-bond donors (Lipinski definition) is 2. The van der Waals surface area contributed by atoms with E-state index in [1.165, 1.54) is 12.1 Å². The number of aromatic amines is 1. The van der Waals surface area contributed by atoms with E-state index in [4.69, 9.17) is 5.26 Å². The van der Waals surface area contributed by atoms with Crippen molar-refractivity contribution in [2.45, 2.75) is 0 Å². The van der Waals surface area contributed by atoms with Crippen LogP contribution >= 0.6 is 0 Å². The molecule has 0 spiro atoms. The van der Waals surface area contributed by atoms with Crippen LogP contribution in [0.2, 0.25) is 0 Å². The predicted octanol–water partition coefficient (Wildman–Crippen LogP) is 4.30. The summed E-state index contributed by atoms with van der Waals surface area (Å²) in [4.78, 5) is 2.53. The van der Waals surface area contributed by atoms with E-state index in [9.17, 15) is 9.50 Å². The van der Waals surface area contributed by atoms with Gasteiger partial charge >= 0.3 is 0 Å². The maximum atomic E-state index is 13.6. The van der Waals surface area contributed by atoms with Crippen molar-refractivity contribution < 1.29 is 9.50 Å². The fourth-order valence-electron chi connectivity index (χ4n) is 1.97. The lowest BCUT2D eigenvalue weighted by molar-refractivity contribution is 0.459. The van der Waals surface area contributed by atoms with Crippen LogP contribution in [-0.2, 0) is 0 Å². The molecule has 102 valence electrons. The second kappa shape index (κ2) is 5.06. The SMILES string of the molecule is N#Cc1ccc(N=Nc2c(O)[nH]c3c(F)cccc23)cc1. The fraction of sp³-hybridized carbons (Fsp3) is 0. The molecule has 5 nitrogen and oxygen atoms in total. The second-order valence-electron chi connectivity index (χ2n) is 4.34. The highest BCUT2D eigenvalue weighted by molar-refractivity contribution is 5.94. The van der Waals surface area contributed by atoms with E-state index in [1.807, 2.05) is 6.07 Å². The van der Waals surface area contributed by atoms with Gasteiger partial charge in [0.05, 0.1) is 22.8 Å². The first-order valence-corrected chi connectivity index (χ1v) is 6.10. The third kappa shape index (κ3) is 2.32. The van der Waals surface area contributed by atoms with Crippen LogP contribution < -0.4 is 0 Å². The highest BCUT2D eigenvalue weighted by atomic mass is 19.1. The number of halogens is 1. The lowest BCUT2D eigenvalue weighted by atomic mass is 10.2. The van der Waals surface area contributed by atoms with Gasteiger partial charge in [-0.2, -0.15) is 10.4 Å². The monoisotopic (exact) mass is 280 g/mol. The molecule has 0 aliphatic rings. The standard InChI is InChI=1S/C15H9FN4O/c16-12-3-1-2-11-13(12)18-15(21)14(11)20-19-10-6-4-9(8-17)5-7-10/h1-7,18,21H. The summed E-state index contributed by atoms with van der Waals surface area (Å²) in [6.07, 6.45) is 0. The number of rotatable bonds is 2. The van der Waals surface area contributed by atoms with E-state index in [1.54, 1.807) is 30.3 Å². The summed E-state index contributed by atoms with van der Waals surface area (Å²) in [6, 6.07) is 13.0. The maximum absolute atomic E-state index is 13.6. The van der Waals surface area contributed by atoms with Crippen LogP contribution in [0, 0.1) is 17.1 Å². The Morgan fingerprint density at radius 3 is 2.57 bits per heavy atom. The van der Waals surface area contributed by atoms with Gasteiger partial charge in [0.25, 0.3) is 0 Å². The highest BCUT2D eigenvalue weighted by Gasteiger charge is 2.12. The van der Waals surface area contributed by atoms with Crippen LogP contribution in [0.1, 0.15) is 5.56 Å². The first kappa shape index (κ1) is 12.8. The van der Waals surface area contributed by atoms with Crippen LogP contribution in [0.5, 0.6) is 5.88 Å². The molecule has 2 N–H and O–H groups in total. The Morgan fingerprint density at radius 2 is 1.86 bits per heavy atom. The van der Waals surface area contributed by atoms with E-state index in [-0.39, 0.29) is 17.1 Å². The number of hydrogen-bond acceptors (Lipinski definition) is 4. The van der Waals surface area contributed by atoms with Gasteiger partial charge < -0.3 is 10.1 Å². The van der Waals surface area contributed by atoms with Gasteiger partial charge in [0, 0.05) is 5.39 Å². The molecule has 3 aromatic rings. The molecule has 1 heterocycles. The van der Waals surface area contributed by atoms with Crippen molar-refractivity contribution in [2.24, 2.45) is 10.2 Å². The fourth-order valence-corrected chi connectivity index (χ4v) is 1.97. The first-order valence-electron chi connectivity index (χ1n) is 6.10. The molecule has 0 saturated heterocycles. The van der Waals surface area contributed by atoms with E-state index < -0.39 is 5.82 Å². The molecule has 0 radical (unpaired) electrons. The average Bonchev–Trinajstić information content (AvgIpc) is 2.83. The molecule has 6 heteroatoms. The number of nitriles is 1. The normalized spacial score (nSPS) is 11.0. The number of para-hydroxylation sites is 1. The second-order valence-corrected chi connectivity index (χ2v) is 4.34. The van der Waals surface area contributed by atoms with Gasteiger partial charge in [-0.05, 0) is 30.3 Å². The minimum absolute atomic E-state index is 0.175. The summed E-state index contributed by atoms with van der Waals surface area (Å²) >= 11 is 0. The molecule has 0 atom stereocenters. The van der Waals surface area contributed by atoms with Crippen LogP contribution in [0.15, 0.2) is 52.7 Å². The number of aromatic hydroxyl groups is 1. The Kier molecular flexibility index (Phi) is 3.09. The Bertz CT molecular complexity index is 875. The summed E-state index contributed by atoms with van der Waals surface area (Å²) in [5.74, 6) is -0.713. The van der Waals surface area contributed by atoms with E-state index in [0.29, 0.717) is 16.6 Å². The largest absolute Gasteiger partial charge is 0.493 e. The van der Waals surface area contributed by atoms with Gasteiger partial charge in [-0.3, -0.25) is 0 Å². The summed E-state index contributed by atoms with van der Waals surface area (Å²) in [5, 5.41) is 26.9. The summed E-state index contributed by atoms with van der Waals surface area (Å²) in [7, 11) is 0. The van der Waals surface area contributed by atoms with Gasteiger partial charge in [0.15, 0.2) is 5.69 Å². The van der Waals surface area contributed by atoms with Gasteiger partial charge in [-0.25, -0.2) is 4.39 Å². The van der Waals surface area contributed by atoms with Gasteiger partial charge in [0.2, 0.25) is 5.88 Å². The Morgan fingerprint density at radius 1 is 1.10 bits per heavy atom. The quantitative estimate of drug-likeness (QED) is 0.686. The predicted molar refractivity (Wildman–Crippen MR) is 75.3 cm³/mol. The zero-order valence-corrected chi connectivity index (χ0v) is 10.7. The van der Waals surface area contributed by atoms with Gasteiger partial charge in [0.1, 0.15) is 5.82 Å². The first-order chi connectivity index (χ1) is 10.2. The molecule has 1 aromatic heterocycles. The van der Waals surface area contributed by atoms with Crippen molar-refractivity contribution in [3.8, 4) is 11.9 Å². The third-order valence-corrected chi connectivity index (χ3v) is 3.00. The molecular weight excluding hydrogens is 271 g/mol. The Hall–Kier alpha value is -3.20. The molecule has 21 heavy (non-hydrogen) atoms. The molecule has 0 aliphatic heterocycles. The summed E-state index contributed by atoms with van der Waals surface area (Å²) < 4.78 is 13.6. The number of nitrogens with zero attached hydrogens (tertiary/aromatic N) is 3. The third-order valence-electron chi connectivity index (χ3n) is 3.00. The molecule has 0 amide bonds. The molecule has 0 bridgehead atoms. The topological polar surface area (TPSA) is 84.5 Å². The average molecular weight is 280 g/mol. The number of azo groups is 1. The van der Waals surface area contributed by atoms with Crippen LogP contribution in [0.3, 0.4) is 0 Å². The van der Waals surface area contributed by atoms with Crippen molar-refractivity contribution >= 4 is 22.3 Å². The molecule has 3 rings (SSSR count). The smallest absolute Gasteiger partial charge is 0.218 e. The lowest BCUT2D eigenvalue weighted by Gasteiger charge is -1.94. The molecule has 0 aliphatic carbocycles. The Labute approximate surface area is 119 Å². The number of benzene rings is 2. The lowest BCUT2D eigenvalue weighted by Crippen LogP contribution is -1.74. The highest BCUT2D eigenvalue weighted by Crippen LogP contribution is 2.37. The van der Waals surface area contributed by atoms with Gasteiger partial charge in [-0.1, -0.05) is 12.1 Å². The zero-order valence-electron chi connectivity index (χ0n) is 10.7. The number of fused-ring (bicyclic) bond motifs is 1. The van der Waals surface area contributed by atoms with E-state index in [0.717, 1.165) is 0 Å². The maximum Gasteiger partial charge on any atom is 0.218 e. The molecule has 0 saturated carbocycles. The summed E-state index contributed by atoms with van der Waals surface area (Å²) in [5.41, 5.74) is 1.41. The summed E-state index contributed by atoms with van der Waals surface area (Å²) in [6.45, 7) is 0. The molecular formula is C15H9FN4O.